The molecular formula is C25H23NO6. The number of benzene rings is 3. The fourth-order valence-electron chi connectivity index (χ4n) is 2.68. The molecule has 1 N–H and O–H groups in total. The summed E-state index contributed by atoms with van der Waals surface area (Å²) in [7, 11) is 0. The molecule has 7 heteroatoms. The van der Waals surface area contributed by atoms with Gasteiger partial charge >= 0.3 is 5.97 Å². The van der Waals surface area contributed by atoms with Gasteiger partial charge in [0.2, 0.25) is 0 Å². The first kappa shape index (κ1) is 22.6. The summed E-state index contributed by atoms with van der Waals surface area (Å²) in [6, 6.07) is 22.8. The zero-order valence-electron chi connectivity index (χ0n) is 17.6. The van der Waals surface area contributed by atoms with Crippen LogP contribution in [0.1, 0.15) is 23.7 Å². The van der Waals surface area contributed by atoms with E-state index in [-0.39, 0.29) is 18.8 Å². The van der Waals surface area contributed by atoms with E-state index in [4.69, 9.17) is 14.2 Å². The molecule has 0 aliphatic heterocycles. The fraction of sp³-hybridized carbons (Fsp3) is 0.160. The first-order valence-corrected chi connectivity index (χ1v) is 10.0. The van der Waals surface area contributed by atoms with Crippen LogP contribution in [0.15, 0.2) is 78.9 Å². The minimum atomic E-state index is -0.549. The maximum atomic E-state index is 12.0. The largest absolute Gasteiger partial charge is 0.493 e. The van der Waals surface area contributed by atoms with Crippen LogP contribution < -0.4 is 14.8 Å². The summed E-state index contributed by atoms with van der Waals surface area (Å²) in [6.07, 6.45) is -0.00668. The van der Waals surface area contributed by atoms with Crippen molar-refractivity contribution in [2.24, 2.45) is 0 Å². The second kappa shape index (κ2) is 11.3. The van der Waals surface area contributed by atoms with Gasteiger partial charge < -0.3 is 19.5 Å². The summed E-state index contributed by atoms with van der Waals surface area (Å²) in [5, 5.41) is 2.65. The quantitative estimate of drug-likeness (QED) is 0.370. The molecule has 0 aliphatic rings. The third kappa shape index (κ3) is 7.28. The Bertz CT molecular complexity index is 1050. The van der Waals surface area contributed by atoms with Crippen LogP contribution in [-0.2, 0) is 14.3 Å². The Balaban J connectivity index is 1.35. The smallest absolute Gasteiger partial charge is 0.309 e. The summed E-state index contributed by atoms with van der Waals surface area (Å²) in [6.45, 7) is 1.19. The molecule has 0 saturated carbocycles. The number of ketones is 1. The van der Waals surface area contributed by atoms with Crippen LogP contribution in [0.3, 0.4) is 0 Å². The summed E-state index contributed by atoms with van der Waals surface area (Å²) >= 11 is 0. The molecule has 32 heavy (non-hydrogen) atoms. The lowest BCUT2D eigenvalue weighted by Crippen LogP contribution is -2.21. The molecule has 164 valence electrons. The van der Waals surface area contributed by atoms with E-state index in [9.17, 15) is 14.4 Å². The van der Waals surface area contributed by atoms with Crippen LogP contribution in [0.4, 0.5) is 5.69 Å². The normalized spacial score (nSPS) is 10.2. The number of carbonyl (C=O) groups is 3. The van der Waals surface area contributed by atoms with Crippen molar-refractivity contribution in [3.05, 3.63) is 84.4 Å². The number of hydrogen-bond donors (Lipinski definition) is 1. The monoisotopic (exact) mass is 433 g/mol. The van der Waals surface area contributed by atoms with Crippen molar-refractivity contribution in [1.29, 1.82) is 0 Å². The predicted octanol–water partition coefficient (Wildman–Crippen LogP) is 4.63. The number of nitrogens with one attached hydrogen (secondary N) is 1. The van der Waals surface area contributed by atoms with E-state index in [0.29, 0.717) is 28.5 Å². The predicted molar refractivity (Wildman–Crippen MR) is 119 cm³/mol. The zero-order valence-corrected chi connectivity index (χ0v) is 17.6. The maximum absolute atomic E-state index is 12.0. The Morgan fingerprint density at radius 2 is 1.41 bits per heavy atom. The number of Topliss-reactive ketones (excluding diaryl/α,β-unsaturated/α-hetero) is 1. The van der Waals surface area contributed by atoms with E-state index < -0.39 is 18.5 Å². The van der Waals surface area contributed by atoms with E-state index in [0.717, 1.165) is 0 Å². The van der Waals surface area contributed by atoms with Gasteiger partial charge in [0.25, 0.3) is 5.91 Å². The fourth-order valence-corrected chi connectivity index (χ4v) is 2.68. The Hall–Kier alpha value is -4.13. The summed E-state index contributed by atoms with van der Waals surface area (Å²) in [5.41, 5.74) is 1.14. The van der Waals surface area contributed by atoms with E-state index in [1.54, 1.807) is 48.5 Å². The zero-order chi connectivity index (χ0) is 22.8. The number of carbonyl (C=O) groups excluding carboxylic acids is 3. The molecule has 3 aromatic carbocycles. The highest BCUT2D eigenvalue weighted by Gasteiger charge is 2.09. The first-order valence-electron chi connectivity index (χ1n) is 10.0. The molecule has 3 rings (SSSR count). The van der Waals surface area contributed by atoms with E-state index in [1.807, 2.05) is 30.3 Å². The van der Waals surface area contributed by atoms with Gasteiger partial charge in [-0.3, -0.25) is 14.4 Å². The van der Waals surface area contributed by atoms with E-state index >= 15 is 0 Å². The number of anilines is 1. The molecule has 0 saturated heterocycles. The molecule has 0 heterocycles. The number of rotatable bonds is 10. The summed E-state index contributed by atoms with van der Waals surface area (Å²) in [4.78, 5) is 35.0. The van der Waals surface area contributed by atoms with E-state index in [2.05, 4.69) is 5.32 Å². The molecule has 7 nitrogen and oxygen atoms in total. The molecule has 0 aliphatic carbocycles. The molecule has 0 bridgehead atoms. The third-order valence-electron chi connectivity index (χ3n) is 4.32. The van der Waals surface area contributed by atoms with Crippen molar-refractivity contribution in [2.45, 2.75) is 13.3 Å². The highest BCUT2D eigenvalue weighted by molar-refractivity contribution is 5.94. The van der Waals surface area contributed by atoms with Crippen LogP contribution in [0.2, 0.25) is 0 Å². The van der Waals surface area contributed by atoms with Gasteiger partial charge in [0.05, 0.1) is 13.0 Å². The van der Waals surface area contributed by atoms with Gasteiger partial charge in [0.1, 0.15) is 17.2 Å². The lowest BCUT2D eigenvalue weighted by Gasteiger charge is -2.09. The van der Waals surface area contributed by atoms with Gasteiger partial charge in [0.15, 0.2) is 12.4 Å². The molecule has 3 aromatic rings. The number of ether oxygens (including phenoxy) is 3. The van der Waals surface area contributed by atoms with Gasteiger partial charge in [-0.1, -0.05) is 18.2 Å². The maximum Gasteiger partial charge on any atom is 0.309 e. The van der Waals surface area contributed by atoms with Crippen LogP contribution >= 0.6 is 0 Å². The van der Waals surface area contributed by atoms with Crippen LogP contribution in [-0.4, -0.2) is 30.9 Å². The van der Waals surface area contributed by atoms with Crippen molar-refractivity contribution in [3.8, 4) is 17.2 Å². The Labute approximate surface area is 185 Å². The van der Waals surface area contributed by atoms with Crippen LogP contribution in [0.25, 0.3) is 0 Å². The second-order valence-corrected chi connectivity index (χ2v) is 6.83. The lowest BCUT2D eigenvalue weighted by molar-refractivity contribution is -0.147. The van der Waals surface area contributed by atoms with Crippen molar-refractivity contribution in [1.82, 2.24) is 0 Å². The van der Waals surface area contributed by atoms with Crippen LogP contribution in [0.5, 0.6) is 17.2 Å². The van der Waals surface area contributed by atoms with Crippen molar-refractivity contribution in [2.75, 3.05) is 18.5 Å². The highest BCUT2D eigenvalue weighted by atomic mass is 16.5. The van der Waals surface area contributed by atoms with Gasteiger partial charge in [-0.2, -0.15) is 0 Å². The number of hydrogen-bond acceptors (Lipinski definition) is 6. The number of esters is 1. The number of para-hydroxylation sites is 1. The summed E-state index contributed by atoms with van der Waals surface area (Å²) < 4.78 is 16.1. The molecule has 1 amide bonds. The van der Waals surface area contributed by atoms with Gasteiger partial charge in [-0.05, 0) is 67.6 Å². The highest BCUT2D eigenvalue weighted by Crippen LogP contribution is 2.22. The van der Waals surface area contributed by atoms with Crippen molar-refractivity contribution >= 4 is 23.3 Å². The van der Waals surface area contributed by atoms with Gasteiger partial charge in [-0.15, -0.1) is 0 Å². The van der Waals surface area contributed by atoms with Crippen molar-refractivity contribution in [3.63, 3.8) is 0 Å². The van der Waals surface area contributed by atoms with Gasteiger partial charge in [0, 0.05) is 11.3 Å². The molecule has 0 unspecified atom stereocenters. The van der Waals surface area contributed by atoms with Crippen LogP contribution in [0, 0.1) is 0 Å². The lowest BCUT2D eigenvalue weighted by atomic mass is 10.1. The molecule has 0 aromatic heterocycles. The number of amides is 1. The Kier molecular flexibility index (Phi) is 7.97. The minimum absolute atomic E-state index is 0.00668. The minimum Gasteiger partial charge on any atom is -0.493 e. The second-order valence-electron chi connectivity index (χ2n) is 6.83. The third-order valence-corrected chi connectivity index (χ3v) is 4.32. The molecule has 0 radical (unpaired) electrons. The topological polar surface area (TPSA) is 90.9 Å². The molecule has 0 atom stereocenters. The first-order chi connectivity index (χ1) is 15.5. The SMILES string of the molecule is CC(=O)c1ccc(OCCC(=O)OCC(=O)Nc2ccc(Oc3ccccc3)cc2)cc1. The Morgan fingerprint density at radius 3 is 2.06 bits per heavy atom. The molecule has 0 spiro atoms. The Morgan fingerprint density at radius 1 is 0.781 bits per heavy atom. The van der Waals surface area contributed by atoms with Gasteiger partial charge in [-0.25, -0.2) is 0 Å². The molecule has 0 fully saturated rings. The average Bonchev–Trinajstić information content (AvgIpc) is 2.80. The van der Waals surface area contributed by atoms with E-state index in [1.165, 1.54) is 6.92 Å². The molecular weight excluding hydrogens is 410 g/mol. The summed E-state index contributed by atoms with van der Waals surface area (Å²) in [5.74, 6) is 0.864. The average molecular weight is 433 g/mol. The standard InChI is InChI=1S/C25H23NO6/c1-18(27)19-7-11-21(12-8-19)30-16-15-25(29)31-17-24(28)26-20-9-13-23(14-10-20)32-22-5-3-2-4-6-22/h2-14H,15-17H2,1H3,(H,26,28). The van der Waals surface area contributed by atoms with Crippen molar-refractivity contribution < 1.29 is 28.6 Å².